The van der Waals surface area contributed by atoms with E-state index in [0.717, 1.165) is 12.1 Å². The summed E-state index contributed by atoms with van der Waals surface area (Å²) in [6.07, 6.45) is -1.47. The molecule has 1 aliphatic rings. The Morgan fingerprint density at radius 3 is 2.85 bits per heavy atom. The Labute approximate surface area is 152 Å². The highest BCUT2D eigenvalue weighted by molar-refractivity contribution is 6.31. The van der Waals surface area contributed by atoms with Crippen molar-refractivity contribution < 1.29 is 27.4 Å². The van der Waals surface area contributed by atoms with Crippen molar-refractivity contribution in [2.45, 2.75) is 18.9 Å². The van der Waals surface area contributed by atoms with E-state index in [-0.39, 0.29) is 17.6 Å². The van der Waals surface area contributed by atoms with Gasteiger partial charge in [-0.3, -0.25) is 9.78 Å². The Morgan fingerprint density at radius 2 is 2.12 bits per heavy atom. The van der Waals surface area contributed by atoms with E-state index >= 15 is 0 Å². The van der Waals surface area contributed by atoms with Crippen molar-refractivity contribution >= 4 is 17.5 Å². The van der Waals surface area contributed by atoms with E-state index in [0.29, 0.717) is 30.3 Å². The summed E-state index contributed by atoms with van der Waals surface area (Å²) in [4.78, 5) is 17.9. The third-order valence-corrected chi connectivity index (χ3v) is 4.06. The minimum atomic E-state index is -4.81. The van der Waals surface area contributed by atoms with Gasteiger partial charge in [0.15, 0.2) is 0 Å². The van der Waals surface area contributed by atoms with E-state index in [1.54, 1.807) is 12.3 Å². The van der Waals surface area contributed by atoms with Crippen molar-refractivity contribution in [3.05, 3.63) is 53.3 Å². The molecule has 0 unspecified atom stereocenters. The van der Waals surface area contributed by atoms with Gasteiger partial charge in [0.1, 0.15) is 22.6 Å². The number of likely N-dealkylation sites (tertiary alicyclic amines) is 1. The molecule has 26 heavy (non-hydrogen) atoms. The standard InChI is InChI=1S/C17H14ClF3N2O3/c18-14-9-22-6-4-15(14)25-13-5-7-23(10-13)16(24)11-2-1-3-12(8-11)26-17(19,20)21/h1-4,6,8-9,13H,5,7,10H2/t13-/m0/s1. The highest BCUT2D eigenvalue weighted by Gasteiger charge is 2.32. The van der Waals surface area contributed by atoms with Gasteiger partial charge in [0, 0.05) is 37.0 Å². The lowest BCUT2D eigenvalue weighted by molar-refractivity contribution is -0.274. The Bertz CT molecular complexity index is 801. The average molecular weight is 387 g/mol. The smallest absolute Gasteiger partial charge is 0.487 e. The molecule has 1 aromatic heterocycles. The molecule has 0 bridgehead atoms. The lowest BCUT2D eigenvalue weighted by atomic mass is 10.2. The number of halogens is 4. The fourth-order valence-corrected chi connectivity index (χ4v) is 2.82. The molecule has 1 atom stereocenters. The van der Waals surface area contributed by atoms with Crippen molar-refractivity contribution in [3.63, 3.8) is 0 Å². The second-order valence-electron chi connectivity index (χ2n) is 5.66. The number of ether oxygens (including phenoxy) is 2. The van der Waals surface area contributed by atoms with Crippen LogP contribution in [0.1, 0.15) is 16.8 Å². The van der Waals surface area contributed by atoms with Crippen LogP contribution in [0.25, 0.3) is 0 Å². The summed E-state index contributed by atoms with van der Waals surface area (Å²) in [5, 5.41) is 0.370. The third-order valence-electron chi connectivity index (χ3n) is 3.78. The fraction of sp³-hybridized carbons (Fsp3) is 0.294. The first-order chi connectivity index (χ1) is 12.3. The Balaban J connectivity index is 1.64. The van der Waals surface area contributed by atoms with Gasteiger partial charge in [0.05, 0.1) is 6.54 Å². The third kappa shape index (κ3) is 4.57. The molecule has 0 aliphatic carbocycles. The van der Waals surface area contributed by atoms with Crippen molar-refractivity contribution in [1.82, 2.24) is 9.88 Å². The number of rotatable bonds is 4. The van der Waals surface area contributed by atoms with Crippen LogP contribution in [0.3, 0.4) is 0 Å². The predicted molar refractivity (Wildman–Crippen MR) is 87.3 cm³/mol. The first-order valence-corrected chi connectivity index (χ1v) is 8.11. The number of pyridine rings is 1. The molecular weight excluding hydrogens is 373 g/mol. The molecule has 2 aromatic rings. The number of hydrogen-bond acceptors (Lipinski definition) is 4. The monoisotopic (exact) mass is 386 g/mol. The van der Waals surface area contributed by atoms with Gasteiger partial charge in [-0.25, -0.2) is 0 Å². The second kappa shape index (κ2) is 7.41. The van der Waals surface area contributed by atoms with E-state index in [9.17, 15) is 18.0 Å². The average Bonchev–Trinajstić information content (AvgIpc) is 3.03. The molecule has 0 radical (unpaired) electrons. The topological polar surface area (TPSA) is 51.7 Å². The van der Waals surface area contributed by atoms with Crippen molar-refractivity contribution in [2.75, 3.05) is 13.1 Å². The molecule has 9 heteroatoms. The van der Waals surface area contributed by atoms with Crippen LogP contribution in [-0.4, -0.2) is 41.3 Å². The maximum absolute atomic E-state index is 12.5. The summed E-state index contributed by atoms with van der Waals surface area (Å²) in [6.45, 7) is 0.735. The van der Waals surface area contributed by atoms with Gasteiger partial charge < -0.3 is 14.4 Å². The van der Waals surface area contributed by atoms with Gasteiger partial charge in [-0.2, -0.15) is 0 Å². The van der Waals surface area contributed by atoms with E-state index in [1.165, 1.54) is 23.2 Å². The number of benzene rings is 1. The van der Waals surface area contributed by atoms with Crippen LogP contribution >= 0.6 is 11.6 Å². The highest BCUT2D eigenvalue weighted by atomic mass is 35.5. The van der Waals surface area contributed by atoms with Gasteiger partial charge in [-0.15, -0.1) is 13.2 Å². The first-order valence-electron chi connectivity index (χ1n) is 7.73. The highest BCUT2D eigenvalue weighted by Crippen LogP contribution is 2.27. The molecular formula is C17H14ClF3N2O3. The summed E-state index contributed by atoms with van der Waals surface area (Å²) >= 11 is 5.99. The first kappa shape index (κ1) is 18.3. The van der Waals surface area contributed by atoms with Crippen molar-refractivity contribution in [3.8, 4) is 11.5 Å². The van der Waals surface area contributed by atoms with Crippen LogP contribution in [0.4, 0.5) is 13.2 Å². The van der Waals surface area contributed by atoms with E-state index < -0.39 is 12.1 Å². The zero-order chi connectivity index (χ0) is 18.7. The van der Waals surface area contributed by atoms with Crippen LogP contribution in [0.2, 0.25) is 5.02 Å². The summed E-state index contributed by atoms with van der Waals surface area (Å²) in [5.74, 6) is -0.343. The van der Waals surface area contributed by atoms with Crippen molar-refractivity contribution in [2.24, 2.45) is 0 Å². The van der Waals surface area contributed by atoms with Crippen LogP contribution in [-0.2, 0) is 0 Å². The number of hydrogen-bond donors (Lipinski definition) is 0. The molecule has 1 fully saturated rings. The molecule has 2 heterocycles. The van der Waals surface area contributed by atoms with Gasteiger partial charge in [-0.1, -0.05) is 17.7 Å². The largest absolute Gasteiger partial charge is 0.573 e. The molecule has 3 rings (SSSR count). The minimum Gasteiger partial charge on any atom is -0.487 e. The van der Waals surface area contributed by atoms with Crippen LogP contribution < -0.4 is 9.47 Å². The molecule has 0 N–H and O–H groups in total. The van der Waals surface area contributed by atoms with Gasteiger partial charge >= 0.3 is 6.36 Å². The molecule has 1 aromatic carbocycles. The molecule has 1 saturated heterocycles. The predicted octanol–water partition coefficient (Wildman–Crippen LogP) is 3.93. The Hall–Kier alpha value is -2.48. The summed E-state index contributed by atoms with van der Waals surface area (Å²) < 4.78 is 46.6. The van der Waals surface area contributed by atoms with E-state index in [2.05, 4.69) is 9.72 Å². The molecule has 5 nitrogen and oxygen atoms in total. The molecule has 138 valence electrons. The lowest BCUT2D eigenvalue weighted by Crippen LogP contribution is -2.31. The Kier molecular flexibility index (Phi) is 5.22. The van der Waals surface area contributed by atoms with Crippen LogP contribution in [0, 0.1) is 0 Å². The van der Waals surface area contributed by atoms with E-state index in [1.807, 2.05) is 0 Å². The number of alkyl halides is 3. The van der Waals surface area contributed by atoms with Gasteiger partial charge in [-0.05, 0) is 18.2 Å². The number of nitrogens with zero attached hydrogens (tertiary/aromatic N) is 2. The zero-order valence-electron chi connectivity index (χ0n) is 13.4. The fourth-order valence-electron chi connectivity index (χ4n) is 2.66. The normalized spacial score (nSPS) is 17.2. The SMILES string of the molecule is O=C(c1cccc(OC(F)(F)F)c1)N1CC[C@H](Oc2ccncc2Cl)C1. The summed E-state index contributed by atoms with van der Waals surface area (Å²) in [7, 11) is 0. The molecule has 0 saturated carbocycles. The molecule has 0 spiro atoms. The quantitative estimate of drug-likeness (QED) is 0.799. The van der Waals surface area contributed by atoms with Gasteiger partial charge in [0.2, 0.25) is 0 Å². The minimum absolute atomic E-state index is 0.120. The van der Waals surface area contributed by atoms with Crippen LogP contribution in [0.15, 0.2) is 42.7 Å². The molecule has 1 amide bonds. The number of carbonyl (C=O) groups excluding carboxylic acids is 1. The maximum Gasteiger partial charge on any atom is 0.573 e. The second-order valence-corrected chi connectivity index (χ2v) is 6.07. The zero-order valence-corrected chi connectivity index (χ0v) is 14.1. The number of aromatic nitrogens is 1. The Morgan fingerprint density at radius 1 is 1.31 bits per heavy atom. The number of amides is 1. The maximum atomic E-state index is 12.5. The summed E-state index contributed by atoms with van der Waals surface area (Å²) in [5.41, 5.74) is 0.120. The number of carbonyl (C=O) groups is 1. The summed E-state index contributed by atoms with van der Waals surface area (Å²) in [6, 6.07) is 6.63. The van der Waals surface area contributed by atoms with Crippen molar-refractivity contribution in [1.29, 1.82) is 0 Å². The van der Waals surface area contributed by atoms with Crippen LogP contribution in [0.5, 0.6) is 11.5 Å². The van der Waals surface area contributed by atoms with E-state index in [4.69, 9.17) is 16.3 Å². The molecule has 1 aliphatic heterocycles. The lowest BCUT2D eigenvalue weighted by Gasteiger charge is -2.18. The van der Waals surface area contributed by atoms with Gasteiger partial charge in [0.25, 0.3) is 5.91 Å².